The van der Waals surface area contributed by atoms with Crippen LogP contribution in [0.25, 0.3) is 0 Å². The third-order valence-corrected chi connectivity index (χ3v) is 2.82. The Morgan fingerprint density at radius 3 is 2.44 bits per heavy atom. The number of rotatable bonds is 0. The van der Waals surface area contributed by atoms with Crippen molar-refractivity contribution in [3.63, 3.8) is 0 Å². The second-order valence-electron chi connectivity index (χ2n) is 1.33. The molecule has 0 aliphatic carbocycles. The van der Waals surface area contributed by atoms with Gasteiger partial charge in [0.25, 0.3) is 0 Å². The van der Waals surface area contributed by atoms with Gasteiger partial charge in [0, 0.05) is 6.07 Å². The van der Waals surface area contributed by atoms with Crippen LogP contribution in [0.3, 0.4) is 0 Å². The van der Waals surface area contributed by atoms with Gasteiger partial charge in [-0.15, -0.1) is 0 Å². The molecule has 0 atom stereocenters. The predicted octanol–water partition coefficient (Wildman–Crippen LogP) is 3.17. The van der Waals surface area contributed by atoms with Crippen LogP contribution in [0.15, 0.2) is 19.7 Å². The van der Waals surface area contributed by atoms with Crippen molar-refractivity contribution in [1.82, 2.24) is 4.98 Å². The fraction of sp³-hybridized carbons (Fsp3) is 0. The summed E-state index contributed by atoms with van der Waals surface area (Å²) in [6.45, 7) is 0. The Bertz CT molecular complexity index is 223. The van der Waals surface area contributed by atoms with Crippen LogP contribution in [0, 0.1) is 6.07 Å². The number of pyridine rings is 1. The molecule has 1 heterocycles. The highest BCUT2D eigenvalue weighted by Crippen LogP contribution is 2.21. The zero-order valence-electron chi connectivity index (χ0n) is 4.16. The molecule has 0 aliphatic heterocycles. The van der Waals surface area contributed by atoms with Gasteiger partial charge in [-0.25, -0.2) is 4.98 Å². The van der Waals surface area contributed by atoms with Crippen molar-refractivity contribution in [3.05, 3.63) is 25.8 Å². The third-order valence-electron chi connectivity index (χ3n) is 0.704. The molecule has 0 aromatic carbocycles. The molecule has 0 bridgehead atoms. The van der Waals surface area contributed by atoms with Gasteiger partial charge in [0.05, 0.1) is 4.47 Å². The van der Waals surface area contributed by atoms with Crippen molar-refractivity contribution < 1.29 is 0 Å². The van der Waals surface area contributed by atoms with E-state index in [0.717, 1.165) is 13.7 Å². The zero-order valence-corrected chi connectivity index (χ0v) is 8.92. The van der Waals surface area contributed by atoms with Crippen LogP contribution in [0.2, 0.25) is 0 Å². The molecule has 1 radical (unpaired) electrons. The van der Waals surface area contributed by atoms with Crippen LogP contribution in [0.1, 0.15) is 0 Å². The predicted molar refractivity (Wildman–Crippen MR) is 46.2 cm³/mol. The maximum atomic E-state index is 4.03. The third kappa shape index (κ3) is 2.02. The van der Waals surface area contributed by atoms with Crippen molar-refractivity contribution in [2.24, 2.45) is 0 Å². The van der Waals surface area contributed by atoms with E-state index in [-0.39, 0.29) is 0 Å². The second-order valence-corrected chi connectivity index (χ2v) is 3.68. The molecule has 0 aliphatic rings. The Balaban J connectivity index is 3.17. The largest absolute Gasteiger partial charge is 0.233 e. The maximum Gasteiger partial charge on any atom is 0.122 e. The molecule has 9 heavy (non-hydrogen) atoms. The minimum absolute atomic E-state index is 0.761. The second kappa shape index (κ2) is 3.12. The molecule has 0 unspecified atom stereocenters. The lowest BCUT2D eigenvalue weighted by molar-refractivity contribution is 1.21. The average molecular weight is 315 g/mol. The highest BCUT2D eigenvalue weighted by Gasteiger charge is 1.96. The number of hydrogen-bond acceptors (Lipinski definition) is 1. The summed E-state index contributed by atoms with van der Waals surface area (Å²) in [4.78, 5) is 4.03. The fourth-order valence-corrected chi connectivity index (χ4v) is 1.40. The van der Waals surface area contributed by atoms with E-state index in [2.05, 4.69) is 58.8 Å². The number of hydrogen-bond donors (Lipinski definition) is 0. The van der Waals surface area contributed by atoms with Crippen molar-refractivity contribution in [3.8, 4) is 0 Å². The number of nitrogens with zero attached hydrogens (tertiary/aromatic N) is 1. The minimum Gasteiger partial charge on any atom is -0.233 e. The summed E-state index contributed by atoms with van der Waals surface area (Å²) in [6.07, 6.45) is 0. The summed E-state index contributed by atoms with van der Waals surface area (Å²) in [5.41, 5.74) is 0. The first-order valence-electron chi connectivity index (χ1n) is 2.09. The SMILES string of the molecule is Brc1c[c]c(Br)c(Br)n1. The van der Waals surface area contributed by atoms with Crippen LogP contribution in [-0.2, 0) is 0 Å². The first-order valence-corrected chi connectivity index (χ1v) is 4.47. The van der Waals surface area contributed by atoms with Gasteiger partial charge in [-0.2, -0.15) is 0 Å². The number of aromatic nitrogens is 1. The van der Waals surface area contributed by atoms with E-state index in [9.17, 15) is 0 Å². The summed E-state index contributed by atoms with van der Waals surface area (Å²) in [6, 6.07) is 4.67. The molecule has 0 spiro atoms. The summed E-state index contributed by atoms with van der Waals surface area (Å²) >= 11 is 9.67. The van der Waals surface area contributed by atoms with Crippen molar-refractivity contribution >= 4 is 47.8 Å². The molecular weight excluding hydrogens is 314 g/mol. The van der Waals surface area contributed by atoms with E-state index in [1.807, 2.05) is 0 Å². The van der Waals surface area contributed by atoms with Crippen molar-refractivity contribution in [1.29, 1.82) is 0 Å². The van der Waals surface area contributed by atoms with Crippen LogP contribution < -0.4 is 0 Å². The van der Waals surface area contributed by atoms with Gasteiger partial charge in [-0.1, -0.05) is 0 Å². The van der Waals surface area contributed by atoms with Gasteiger partial charge in [0.2, 0.25) is 0 Å². The lowest BCUT2D eigenvalue weighted by Gasteiger charge is -1.92. The van der Waals surface area contributed by atoms with Crippen LogP contribution in [-0.4, -0.2) is 4.98 Å². The first-order chi connectivity index (χ1) is 4.20. The quantitative estimate of drug-likeness (QED) is 0.670. The molecular formula is C5HBr3N. The average Bonchev–Trinajstić information content (AvgIpc) is 1.80. The normalized spacial score (nSPS) is 9.67. The van der Waals surface area contributed by atoms with Crippen molar-refractivity contribution in [2.75, 3.05) is 0 Å². The standard InChI is InChI=1S/C5HBr3N/c6-3-1-2-4(7)9-5(3)8/h2H. The van der Waals surface area contributed by atoms with E-state index >= 15 is 0 Å². The Morgan fingerprint density at radius 2 is 2.00 bits per heavy atom. The van der Waals surface area contributed by atoms with Crippen LogP contribution >= 0.6 is 47.8 Å². The Hall–Kier alpha value is 0.590. The summed E-state index contributed by atoms with van der Waals surface area (Å²) in [7, 11) is 0. The molecule has 0 fully saturated rings. The zero-order chi connectivity index (χ0) is 6.85. The Kier molecular flexibility index (Phi) is 2.67. The van der Waals surface area contributed by atoms with Crippen LogP contribution in [0.4, 0.5) is 0 Å². The van der Waals surface area contributed by atoms with Crippen molar-refractivity contribution in [2.45, 2.75) is 0 Å². The Morgan fingerprint density at radius 1 is 1.33 bits per heavy atom. The summed E-state index contributed by atoms with van der Waals surface area (Å²) in [5.74, 6) is 0. The maximum absolute atomic E-state index is 4.03. The molecule has 1 aromatic rings. The summed E-state index contributed by atoms with van der Waals surface area (Å²) in [5, 5.41) is 0. The molecule has 1 rings (SSSR count). The van der Waals surface area contributed by atoms with Gasteiger partial charge < -0.3 is 0 Å². The van der Waals surface area contributed by atoms with E-state index in [1.54, 1.807) is 6.07 Å². The minimum atomic E-state index is 0.761. The van der Waals surface area contributed by atoms with Gasteiger partial charge >= 0.3 is 0 Å². The molecule has 47 valence electrons. The highest BCUT2D eigenvalue weighted by molar-refractivity contribution is 9.13. The van der Waals surface area contributed by atoms with Gasteiger partial charge in [-0.05, 0) is 53.9 Å². The van der Waals surface area contributed by atoms with Gasteiger partial charge in [-0.3, -0.25) is 0 Å². The molecule has 0 saturated carbocycles. The number of halogens is 3. The van der Waals surface area contributed by atoms with Gasteiger partial charge in [0.15, 0.2) is 0 Å². The molecule has 1 nitrogen and oxygen atoms in total. The molecule has 0 amide bonds. The van der Waals surface area contributed by atoms with Crippen LogP contribution in [0.5, 0.6) is 0 Å². The highest BCUT2D eigenvalue weighted by atomic mass is 79.9. The fourth-order valence-electron chi connectivity index (χ4n) is 0.358. The molecule has 0 N–H and O–H groups in total. The molecule has 1 aromatic heterocycles. The molecule has 0 saturated heterocycles. The van der Waals surface area contributed by atoms with E-state index in [1.165, 1.54) is 0 Å². The van der Waals surface area contributed by atoms with E-state index in [0.29, 0.717) is 0 Å². The van der Waals surface area contributed by atoms with E-state index in [4.69, 9.17) is 0 Å². The topological polar surface area (TPSA) is 12.9 Å². The lowest BCUT2D eigenvalue weighted by atomic mass is 10.5. The first kappa shape index (κ1) is 7.69. The van der Waals surface area contributed by atoms with E-state index < -0.39 is 0 Å². The summed E-state index contributed by atoms with van der Waals surface area (Å²) < 4.78 is 2.38. The molecule has 4 heteroatoms. The smallest absolute Gasteiger partial charge is 0.122 e. The lowest BCUT2D eigenvalue weighted by Crippen LogP contribution is -1.77. The van der Waals surface area contributed by atoms with Gasteiger partial charge in [0.1, 0.15) is 9.21 Å². The monoisotopic (exact) mass is 312 g/mol. The Labute approximate surface area is 78.3 Å².